The number of furan rings is 1. The van der Waals surface area contributed by atoms with Crippen molar-refractivity contribution in [1.82, 2.24) is 0 Å². The number of alkyl halides is 1. The number of ether oxygens (including phenoxy) is 1. The molecule has 1 aromatic rings. The van der Waals surface area contributed by atoms with Crippen molar-refractivity contribution in [2.45, 2.75) is 52.0 Å². The van der Waals surface area contributed by atoms with E-state index in [1.807, 2.05) is 0 Å². The van der Waals surface area contributed by atoms with Gasteiger partial charge in [-0.3, -0.25) is 0 Å². The highest BCUT2D eigenvalue weighted by molar-refractivity contribution is 6.16. The lowest BCUT2D eigenvalue weighted by molar-refractivity contribution is -0.0265. The van der Waals surface area contributed by atoms with Crippen molar-refractivity contribution in [2.24, 2.45) is 16.7 Å². The lowest BCUT2D eigenvalue weighted by Gasteiger charge is -2.38. The molecule has 1 aromatic heterocycles. The summed E-state index contributed by atoms with van der Waals surface area (Å²) in [7, 11) is 0. The Morgan fingerprint density at radius 2 is 2.20 bits per heavy atom. The molecule has 2 aliphatic rings. The number of carbonyl (C=O) groups is 1. The largest absolute Gasteiger partial charge is 0.456 e. The zero-order valence-corrected chi connectivity index (χ0v) is 13.0. The molecule has 2 bridgehead atoms. The molecule has 0 spiro atoms. The molecule has 2 aliphatic carbocycles. The predicted molar refractivity (Wildman–Crippen MR) is 76.7 cm³/mol. The third-order valence-corrected chi connectivity index (χ3v) is 6.22. The quantitative estimate of drug-likeness (QED) is 0.613. The van der Waals surface area contributed by atoms with Gasteiger partial charge < -0.3 is 9.15 Å². The fourth-order valence-electron chi connectivity index (χ4n) is 4.06. The normalized spacial score (nSPS) is 34.4. The number of hydrogen-bond acceptors (Lipinski definition) is 3. The van der Waals surface area contributed by atoms with Gasteiger partial charge in [-0.1, -0.05) is 20.8 Å². The van der Waals surface area contributed by atoms with E-state index in [0.717, 1.165) is 12.8 Å². The van der Waals surface area contributed by atoms with E-state index in [9.17, 15) is 4.79 Å². The molecule has 20 heavy (non-hydrogen) atoms. The highest BCUT2D eigenvalue weighted by atomic mass is 35.5. The maximum atomic E-state index is 12.2. The Morgan fingerprint density at radius 1 is 1.45 bits per heavy atom. The zero-order chi connectivity index (χ0) is 14.5. The van der Waals surface area contributed by atoms with Crippen LogP contribution >= 0.6 is 11.6 Å². The van der Waals surface area contributed by atoms with Crippen LogP contribution in [0.4, 0.5) is 0 Å². The molecule has 0 saturated heterocycles. The monoisotopic (exact) mass is 296 g/mol. The van der Waals surface area contributed by atoms with Crippen LogP contribution in [0, 0.1) is 16.7 Å². The van der Waals surface area contributed by atoms with E-state index in [2.05, 4.69) is 20.8 Å². The van der Waals surface area contributed by atoms with Crippen molar-refractivity contribution in [3.05, 3.63) is 23.7 Å². The average molecular weight is 297 g/mol. The number of esters is 1. The van der Waals surface area contributed by atoms with Crippen LogP contribution in [0.15, 0.2) is 16.5 Å². The first-order chi connectivity index (χ1) is 9.38. The number of fused-ring (bicyclic) bond motifs is 2. The standard InChI is InChI=1S/C16H21ClO3/c1-15(2)10-6-7-16(15,3)13(8-10)20-14(18)12-5-4-11(9-17)19-12/h4-5,10,13H,6-9H2,1-3H3. The first kappa shape index (κ1) is 14.0. The van der Waals surface area contributed by atoms with Gasteiger partial charge in [-0.2, -0.15) is 0 Å². The van der Waals surface area contributed by atoms with Crippen LogP contribution in [0.25, 0.3) is 0 Å². The summed E-state index contributed by atoms with van der Waals surface area (Å²) >= 11 is 5.68. The highest BCUT2D eigenvalue weighted by Crippen LogP contribution is 2.66. The number of hydrogen-bond donors (Lipinski definition) is 0. The second-order valence-corrected chi connectivity index (χ2v) is 7.17. The molecule has 2 saturated carbocycles. The molecular weight excluding hydrogens is 276 g/mol. The molecule has 0 N–H and O–H groups in total. The van der Waals surface area contributed by atoms with E-state index >= 15 is 0 Å². The van der Waals surface area contributed by atoms with Gasteiger partial charge in [-0.05, 0) is 42.7 Å². The highest BCUT2D eigenvalue weighted by Gasteiger charge is 2.62. The van der Waals surface area contributed by atoms with Gasteiger partial charge in [0.05, 0.1) is 5.88 Å². The van der Waals surface area contributed by atoms with Crippen molar-refractivity contribution in [3.8, 4) is 0 Å². The summed E-state index contributed by atoms with van der Waals surface area (Å²) in [6.07, 6.45) is 3.34. The summed E-state index contributed by atoms with van der Waals surface area (Å²) in [4.78, 5) is 12.2. The number of halogens is 1. The SMILES string of the molecule is CC1(C)C2CCC1(C)C(OC(=O)c1ccc(CCl)o1)C2. The maximum absolute atomic E-state index is 12.2. The Hall–Kier alpha value is -0.960. The summed E-state index contributed by atoms with van der Waals surface area (Å²) in [6, 6.07) is 3.36. The molecule has 0 radical (unpaired) electrons. The van der Waals surface area contributed by atoms with E-state index in [0.29, 0.717) is 11.7 Å². The minimum atomic E-state index is -0.365. The van der Waals surface area contributed by atoms with Crippen molar-refractivity contribution in [2.75, 3.05) is 0 Å². The van der Waals surface area contributed by atoms with Gasteiger partial charge in [-0.15, -0.1) is 11.6 Å². The second-order valence-electron chi connectivity index (χ2n) is 6.90. The molecular formula is C16H21ClO3. The average Bonchev–Trinajstić information content (AvgIpc) is 3.01. The van der Waals surface area contributed by atoms with Crippen LogP contribution in [-0.4, -0.2) is 12.1 Å². The molecule has 1 heterocycles. The number of carbonyl (C=O) groups excluding carboxylic acids is 1. The van der Waals surface area contributed by atoms with Crippen LogP contribution < -0.4 is 0 Å². The van der Waals surface area contributed by atoms with Crippen LogP contribution in [0.2, 0.25) is 0 Å². The van der Waals surface area contributed by atoms with Crippen molar-refractivity contribution < 1.29 is 13.9 Å². The Bertz CT molecular complexity index is 534. The van der Waals surface area contributed by atoms with Crippen molar-refractivity contribution in [1.29, 1.82) is 0 Å². The van der Waals surface area contributed by atoms with E-state index in [-0.39, 0.29) is 34.5 Å². The summed E-state index contributed by atoms with van der Waals surface area (Å²) in [6.45, 7) is 6.86. The van der Waals surface area contributed by atoms with Crippen LogP contribution in [0.3, 0.4) is 0 Å². The molecule has 0 amide bonds. The molecule has 0 aromatic carbocycles. The molecule has 3 unspecified atom stereocenters. The lowest BCUT2D eigenvalue weighted by Crippen LogP contribution is -2.38. The summed E-state index contributed by atoms with van der Waals surface area (Å²) < 4.78 is 11.1. The molecule has 3 rings (SSSR count). The Morgan fingerprint density at radius 3 is 2.70 bits per heavy atom. The second kappa shape index (κ2) is 4.52. The molecule has 110 valence electrons. The van der Waals surface area contributed by atoms with Gasteiger partial charge in [-0.25, -0.2) is 4.79 Å². The fourth-order valence-corrected chi connectivity index (χ4v) is 4.20. The van der Waals surface area contributed by atoms with Gasteiger partial charge in [0.25, 0.3) is 0 Å². The molecule has 0 aliphatic heterocycles. The fraction of sp³-hybridized carbons (Fsp3) is 0.688. The maximum Gasteiger partial charge on any atom is 0.374 e. The Labute approximate surface area is 124 Å². The van der Waals surface area contributed by atoms with E-state index in [1.54, 1.807) is 12.1 Å². The lowest BCUT2D eigenvalue weighted by atomic mass is 9.70. The van der Waals surface area contributed by atoms with Crippen LogP contribution in [0.5, 0.6) is 0 Å². The molecule has 4 heteroatoms. The third kappa shape index (κ3) is 1.82. The van der Waals surface area contributed by atoms with Gasteiger partial charge >= 0.3 is 5.97 Å². The van der Waals surface area contributed by atoms with E-state index < -0.39 is 0 Å². The third-order valence-electron chi connectivity index (χ3n) is 5.96. The Kier molecular flexibility index (Phi) is 3.16. The van der Waals surface area contributed by atoms with Gasteiger partial charge in [0.15, 0.2) is 0 Å². The summed E-state index contributed by atoms with van der Waals surface area (Å²) in [5.41, 5.74) is 0.317. The molecule has 2 fully saturated rings. The van der Waals surface area contributed by atoms with Gasteiger partial charge in [0.1, 0.15) is 11.9 Å². The zero-order valence-electron chi connectivity index (χ0n) is 12.2. The summed E-state index contributed by atoms with van der Waals surface area (Å²) in [5.74, 6) is 1.41. The minimum Gasteiger partial charge on any atom is -0.456 e. The minimum absolute atomic E-state index is 0.00620. The van der Waals surface area contributed by atoms with Crippen LogP contribution in [0.1, 0.15) is 56.3 Å². The predicted octanol–water partition coefficient (Wildman–Crippen LogP) is 4.39. The van der Waals surface area contributed by atoms with Gasteiger partial charge in [0, 0.05) is 5.41 Å². The first-order valence-corrected chi connectivity index (χ1v) is 7.77. The van der Waals surface area contributed by atoms with Crippen molar-refractivity contribution in [3.63, 3.8) is 0 Å². The molecule has 3 nitrogen and oxygen atoms in total. The molecule has 3 atom stereocenters. The van der Waals surface area contributed by atoms with Gasteiger partial charge in [0.2, 0.25) is 5.76 Å². The Balaban J connectivity index is 1.75. The van der Waals surface area contributed by atoms with E-state index in [1.165, 1.54) is 6.42 Å². The van der Waals surface area contributed by atoms with E-state index in [4.69, 9.17) is 20.8 Å². The first-order valence-electron chi connectivity index (χ1n) is 7.24. The van der Waals surface area contributed by atoms with Crippen molar-refractivity contribution >= 4 is 17.6 Å². The summed E-state index contributed by atoms with van der Waals surface area (Å²) in [5, 5.41) is 0. The topological polar surface area (TPSA) is 39.4 Å². The number of rotatable bonds is 3. The smallest absolute Gasteiger partial charge is 0.374 e. The van der Waals surface area contributed by atoms with Crippen LogP contribution in [-0.2, 0) is 10.6 Å².